The van der Waals surface area contributed by atoms with Crippen LogP contribution in [0.5, 0.6) is 5.88 Å². The van der Waals surface area contributed by atoms with E-state index in [1.165, 1.54) is 11.5 Å². The number of nitrogens with zero attached hydrogens (tertiary/aromatic N) is 1. The fourth-order valence-electron chi connectivity index (χ4n) is 1.23. The molecule has 14 heavy (non-hydrogen) atoms. The second-order valence-electron chi connectivity index (χ2n) is 2.86. The summed E-state index contributed by atoms with van der Waals surface area (Å²) < 4.78 is 9.26. The zero-order chi connectivity index (χ0) is 9.97. The fraction of sp³-hybridized carbons (Fsp3) is 0.100. The maximum absolute atomic E-state index is 5.61. The standard InChI is InChI=1S/C10H10N2OS/c1-13-10-9(6-14-12-10)7-2-4-8(11)5-3-7/h2-6H,11H2,1H3. The smallest absolute Gasteiger partial charge is 0.232 e. The summed E-state index contributed by atoms with van der Waals surface area (Å²) in [6.45, 7) is 0. The Morgan fingerprint density at radius 2 is 2.00 bits per heavy atom. The van der Waals surface area contributed by atoms with Gasteiger partial charge in [-0.25, -0.2) is 0 Å². The van der Waals surface area contributed by atoms with Crippen LogP contribution in [-0.4, -0.2) is 11.5 Å². The first kappa shape index (κ1) is 9.02. The molecule has 0 atom stereocenters. The molecule has 0 aliphatic carbocycles. The van der Waals surface area contributed by atoms with Crippen LogP contribution in [0.3, 0.4) is 0 Å². The van der Waals surface area contributed by atoms with Gasteiger partial charge >= 0.3 is 0 Å². The molecule has 0 saturated carbocycles. The van der Waals surface area contributed by atoms with Crippen molar-refractivity contribution < 1.29 is 4.74 Å². The highest BCUT2D eigenvalue weighted by atomic mass is 32.1. The molecule has 2 N–H and O–H groups in total. The Morgan fingerprint density at radius 1 is 1.29 bits per heavy atom. The normalized spacial score (nSPS) is 10.1. The maximum atomic E-state index is 5.61. The van der Waals surface area contributed by atoms with Crippen molar-refractivity contribution in [1.82, 2.24) is 4.37 Å². The van der Waals surface area contributed by atoms with Crippen molar-refractivity contribution in [3.05, 3.63) is 29.6 Å². The van der Waals surface area contributed by atoms with Crippen molar-refractivity contribution in [3.8, 4) is 17.0 Å². The highest BCUT2D eigenvalue weighted by molar-refractivity contribution is 7.04. The molecule has 1 aromatic carbocycles. The summed E-state index contributed by atoms with van der Waals surface area (Å²) in [4.78, 5) is 0. The van der Waals surface area contributed by atoms with Gasteiger partial charge in [-0.15, -0.1) is 0 Å². The van der Waals surface area contributed by atoms with Gasteiger partial charge in [0.05, 0.1) is 12.7 Å². The Bertz CT molecular complexity index is 422. The van der Waals surface area contributed by atoms with Gasteiger partial charge in [0.2, 0.25) is 5.88 Å². The molecule has 0 aliphatic heterocycles. The summed E-state index contributed by atoms with van der Waals surface area (Å²) in [5.41, 5.74) is 8.45. The van der Waals surface area contributed by atoms with E-state index in [2.05, 4.69) is 4.37 Å². The van der Waals surface area contributed by atoms with Gasteiger partial charge in [0, 0.05) is 11.1 Å². The van der Waals surface area contributed by atoms with Crippen molar-refractivity contribution in [1.29, 1.82) is 0 Å². The first-order valence-electron chi connectivity index (χ1n) is 4.15. The van der Waals surface area contributed by atoms with Crippen molar-refractivity contribution in [2.24, 2.45) is 0 Å². The van der Waals surface area contributed by atoms with Gasteiger partial charge in [0.25, 0.3) is 0 Å². The van der Waals surface area contributed by atoms with E-state index in [1.807, 2.05) is 29.6 Å². The van der Waals surface area contributed by atoms with Crippen LogP contribution in [0.15, 0.2) is 29.6 Å². The van der Waals surface area contributed by atoms with Crippen LogP contribution in [-0.2, 0) is 0 Å². The molecule has 4 heteroatoms. The van der Waals surface area contributed by atoms with Crippen molar-refractivity contribution in [2.75, 3.05) is 12.8 Å². The summed E-state index contributed by atoms with van der Waals surface area (Å²) in [5.74, 6) is 0.666. The third kappa shape index (κ3) is 1.56. The predicted molar refractivity (Wildman–Crippen MR) is 58.5 cm³/mol. The molecule has 0 radical (unpaired) electrons. The molecular weight excluding hydrogens is 196 g/mol. The number of rotatable bonds is 2. The average molecular weight is 206 g/mol. The van der Waals surface area contributed by atoms with Crippen LogP contribution >= 0.6 is 11.5 Å². The Kier molecular flexibility index (Phi) is 2.37. The Balaban J connectivity index is 2.44. The lowest BCUT2D eigenvalue weighted by Crippen LogP contribution is -1.86. The zero-order valence-corrected chi connectivity index (χ0v) is 8.54. The van der Waals surface area contributed by atoms with Crippen molar-refractivity contribution in [2.45, 2.75) is 0 Å². The molecule has 0 aliphatic rings. The molecule has 2 aromatic rings. The Hall–Kier alpha value is -1.55. The van der Waals surface area contributed by atoms with Crippen LogP contribution in [0.2, 0.25) is 0 Å². The number of nitrogens with two attached hydrogens (primary N) is 1. The molecule has 3 nitrogen and oxygen atoms in total. The predicted octanol–water partition coefficient (Wildman–Crippen LogP) is 2.40. The second-order valence-corrected chi connectivity index (χ2v) is 3.49. The van der Waals surface area contributed by atoms with Crippen LogP contribution in [0, 0.1) is 0 Å². The third-order valence-electron chi connectivity index (χ3n) is 1.95. The third-order valence-corrected chi connectivity index (χ3v) is 2.56. The summed E-state index contributed by atoms with van der Waals surface area (Å²) in [5, 5.41) is 1.96. The van der Waals surface area contributed by atoms with E-state index in [-0.39, 0.29) is 0 Å². The van der Waals surface area contributed by atoms with Gasteiger partial charge in [-0.1, -0.05) is 12.1 Å². The topological polar surface area (TPSA) is 48.1 Å². The summed E-state index contributed by atoms with van der Waals surface area (Å²) >= 11 is 1.38. The van der Waals surface area contributed by atoms with Crippen molar-refractivity contribution >= 4 is 17.2 Å². The maximum Gasteiger partial charge on any atom is 0.232 e. The number of benzene rings is 1. The van der Waals surface area contributed by atoms with Crippen molar-refractivity contribution in [3.63, 3.8) is 0 Å². The van der Waals surface area contributed by atoms with E-state index >= 15 is 0 Å². The number of methoxy groups -OCH3 is 1. The Morgan fingerprint density at radius 3 is 2.64 bits per heavy atom. The highest BCUT2D eigenvalue weighted by Gasteiger charge is 2.07. The van der Waals surface area contributed by atoms with Crippen LogP contribution < -0.4 is 10.5 Å². The molecule has 72 valence electrons. The first-order chi connectivity index (χ1) is 6.81. The van der Waals surface area contributed by atoms with Gasteiger partial charge in [-0.2, -0.15) is 4.37 Å². The number of ether oxygens (including phenoxy) is 1. The quantitative estimate of drug-likeness (QED) is 0.767. The molecular formula is C10H10N2OS. The molecule has 0 unspecified atom stereocenters. The van der Waals surface area contributed by atoms with Gasteiger partial charge in [-0.3, -0.25) is 0 Å². The van der Waals surface area contributed by atoms with E-state index in [1.54, 1.807) is 7.11 Å². The van der Waals surface area contributed by atoms with Gasteiger partial charge in [0.15, 0.2) is 0 Å². The van der Waals surface area contributed by atoms with Crippen LogP contribution in [0.25, 0.3) is 11.1 Å². The SMILES string of the molecule is COc1nscc1-c1ccc(N)cc1. The highest BCUT2D eigenvalue weighted by Crippen LogP contribution is 2.30. The minimum absolute atomic E-state index is 0.666. The number of anilines is 1. The van der Waals surface area contributed by atoms with E-state index in [0.717, 1.165) is 16.8 Å². The van der Waals surface area contributed by atoms with Gasteiger partial charge in [0.1, 0.15) is 0 Å². The first-order valence-corrected chi connectivity index (χ1v) is 4.99. The molecule has 0 saturated heterocycles. The van der Waals surface area contributed by atoms with E-state index < -0.39 is 0 Å². The number of aromatic nitrogens is 1. The summed E-state index contributed by atoms with van der Waals surface area (Å²) in [6.07, 6.45) is 0. The minimum Gasteiger partial charge on any atom is -0.480 e. The van der Waals surface area contributed by atoms with E-state index in [0.29, 0.717) is 5.88 Å². The monoisotopic (exact) mass is 206 g/mol. The van der Waals surface area contributed by atoms with Gasteiger partial charge < -0.3 is 10.5 Å². The molecule has 0 fully saturated rings. The molecule has 0 bridgehead atoms. The number of hydrogen-bond donors (Lipinski definition) is 1. The van der Waals surface area contributed by atoms with E-state index in [9.17, 15) is 0 Å². The Labute approximate surface area is 86.3 Å². The van der Waals surface area contributed by atoms with E-state index in [4.69, 9.17) is 10.5 Å². The lowest BCUT2D eigenvalue weighted by atomic mass is 10.1. The molecule has 2 rings (SSSR count). The van der Waals surface area contributed by atoms with Crippen LogP contribution in [0.4, 0.5) is 5.69 Å². The zero-order valence-electron chi connectivity index (χ0n) is 7.73. The number of hydrogen-bond acceptors (Lipinski definition) is 4. The minimum atomic E-state index is 0.666. The molecule has 0 spiro atoms. The second kappa shape index (κ2) is 3.67. The lowest BCUT2D eigenvalue weighted by molar-refractivity contribution is 0.404. The molecule has 1 aromatic heterocycles. The molecule has 0 amide bonds. The summed E-state index contributed by atoms with van der Waals surface area (Å²) in [7, 11) is 1.62. The average Bonchev–Trinajstić information content (AvgIpc) is 2.67. The number of nitrogen functional groups attached to an aromatic ring is 1. The van der Waals surface area contributed by atoms with Crippen LogP contribution in [0.1, 0.15) is 0 Å². The molecule has 1 heterocycles. The largest absolute Gasteiger partial charge is 0.480 e. The lowest BCUT2D eigenvalue weighted by Gasteiger charge is -2.01. The summed E-state index contributed by atoms with van der Waals surface area (Å²) in [6, 6.07) is 7.65. The fourth-order valence-corrected chi connectivity index (χ4v) is 1.89. The van der Waals surface area contributed by atoms with Gasteiger partial charge in [-0.05, 0) is 29.2 Å².